The van der Waals surface area contributed by atoms with E-state index in [1.165, 1.54) is 35.4 Å². The van der Waals surface area contributed by atoms with Crippen molar-refractivity contribution < 1.29 is 24.0 Å². The van der Waals surface area contributed by atoms with Gasteiger partial charge in [-0.15, -0.1) is 0 Å². The quantitative estimate of drug-likeness (QED) is 0.0668. The zero-order chi connectivity index (χ0) is 30.8. The number of unbranched alkanes of at least 4 members (excludes halogenated alkanes) is 1. The second-order valence-electron chi connectivity index (χ2n) is 10.1. The zero-order valence-corrected chi connectivity index (χ0v) is 25.9. The van der Waals surface area contributed by atoms with Gasteiger partial charge in [0, 0.05) is 31.0 Å². The van der Waals surface area contributed by atoms with Crippen molar-refractivity contribution in [1.82, 2.24) is 26.6 Å². The molecule has 1 saturated heterocycles. The van der Waals surface area contributed by atoms with E-state index in [0.717, 1.165) is 0 Å². The summed E-state index contributed by atoms with van der Waals surface area (Å²) >= 11 is 0. The minimum atomic E-state index is -1.41. The van der Waals surface area contributed by atoms with Crippen molar-refractivity contribution in [2.24, 2.45) is 22.2 Å². The number of nitrogens with one attached hydrogen (secondary N) is 5. The topological polar surface area (TPSA) is 236 Å². The molecule has 16 heteroatoms. The predicted molar refractivity (Wildman–Crippen MR) is 164 cm³/mol. The molecule has 1 fully saturated rings. The summed E-state index contributed by atoms with van der Waals surface area (Å²) in [5, 5.41) is 13.7. The van der Waals surface area contributed by atoms with Gasteiger partial charge in [0.05, 0.1) is 0 Å². The summed E-state index contributed by atoms with van der Waals surface area (Å²) in [5.74, 6) is -1.25. The first-order valence-electron chi connectivity index (χ1n) is 13.9. The van der Waals surface area contributed by atoms with Crippen molar-refractivity contribution in [2.75, 3.05) is 31.1 Å². The fraction of sp³-hybridized carbons (Fsp3) is 0.760. The van der Waals surface area contributed by atoms with E-state index in [2.05, 4.69) is 31.6 Å². The molecule has 0 spiro atoms. The lowest BCUT2D eigenvalue weighted by molar-refractivity contribution is -0.137. The Morgan fingerprint density at radius 1 is 0.878 bits per heavy atom. The molecule has 3 unspecified atom stereocenters. The van der Waals surface area contributed by atoms with Crippen molar-refractivity contribution in [3.05, 3.63) is 0 Å². The van der Waals surface area contributed by atoms with Crippen LogP contribution in [0.5, 0.6) is 0 Å². The van der Waals surface area contributed by atoms with Gasteiger partial charge in [0.25, 0.3) is 0 Å². The second-order valence-corrected chi connectivity index (χ2v) is 12.9. The molecule has 0 bridgehead atoms. The maximum Gasteiger partial charge on any atom is 0.245 e. The molecule has 0 radical (unpaired) electrons. The third kappa shape index (κ3) is 14.6. The third-order valence-corrected chi connectivity index (χ3v) is 8.60. The normalized spacial score (nSPS) is 23.7. The van der Waals surface area contributed by atoms with Crippen molar-refractivity contribution in [2.45, 2.75) is 89.4 Å². The van der Waals surface area contributed by atoms with Gasteiger partial charge in [-0.2, -0.15) is 0 Å². The van der Waals surface area contributed by atoms with E-state index in [9.17, 15) is 24.0 Å². The van der Waals surface area contributed by atoms with Crippen LogP contribution in [0.3, 0.4) is 0 Å². The van der Waals surface area contributed by atoms with Crippen LogP contribution in [0, 0.1) is 0 Å². The Bertz CT molecular complexity index is 916. The Kier molecular flexibility index (Phi) is 17.2. The van der Waals surface area contributed by atoms with Crippen LogP contribution in [0.15, 0.2) is 4.99 Å². The number of guanidine groups is 1. The summed E-state index contributed by atoms with van der Waals surface area (Å²) in [6, 6.07) is -2.68. The molecule has 234 valence electrons. The predicted octanol–water partition coefficient (Wildman–Crippen LogP) is -1.17. The van der Waals surface area contributed by atoms with Crippen LogP contribution in [0.4, 0.5) is 0 Å². The van der Waals surface area contributed by atoms with Crippen LogP contribution in [0.2, 0.25) is 0 Å². The van der Waals surface area contributed by atoms with Crippen molar-refractivity contribution in [3.8, 4) is 0 Å². The van der Waals surface area contributed by atoms with Crippen molar-refractivity contribution in [1.29, 1.82) is 0 Å². The lowest BCUT2D eigenvalue weighted by Crippen LogP contribution is -2.62. The van der Waals surface area contributed by atoms with Gasteiger partial charge in [0.15, 0.2) is 5.96 Å². The van der Waals surface area contributed by atoms with E-state index in [0.29, 0.717) is 56.7 Å². The Morgan fingerprint density at radius 3 is 2.20 bits per heavy atom. The van der Waals surface area contributed by atoms with E-state index >= 15 is 0 Å². The molecule has 11 N–H and O–H groups in total. The van der Waals surface area contributed by atoms with Gasteiger partial charge in [-0.05, 0) is 58.9 Å². The number of nitrogens with two attached hydrogens (primary N) is 3. The first kappa shape index (κ1) is 36.3. The molecule has 5 amide bonds. The Labute approximate surface area is 250 Å². The maximum absolute atomic E-state index is 13.4. The number of hydrogen-bond acceptors (Lipinski definition) is 9. The molecule has 1 rings (SSSR count). The van der Waals surface area contributed by atoms with Crippen LogP contribution in [-0.4, -0.2) is 90.3 Å². The standard InChI is InChI=1S/C25H47N9O5S2/c1-4-16-20(36)29-13-15-41-40-14-10-19(35)31-17(8-5-6-11-26)21(37)32-18(9-7-12-30-24(27)28)22(38)34-25(2,3)23(39)33-16/h16-18H,4-15,26H2,1-3H3,(H,29,36)(H,31,35)(H,32,37)(H,33,39)(H,34,38)(H4,27,28,30). The van der Waals surface area contributed by atoms with Gasteiger partial charge in [-0.3, -0.25) is 29.0 Å². The number of carbonyl (C=O) groups excluding carboxylic acids is 5. The third-order valence-electron chi connectivity index (χ3n) is 6.19. The number of nitrogens with zero attached hydrogens (tertiary/aromatic N) is 1. The van der Waals surface area contributed by atoms with Crippen molar-refractivity contribution in [3.63, 3.8) is 0 Å². The summed E-state index contributed by atoms with van der Waals surface area (Å²) in [6.45, 7) is 5.86. The lowest BCUT2D eigenvalue weighted by Gasteiger charge is -2.30. The number of hydrogen-bond donors (Lipinski definition) is 8. The molecule has 1 heterocycles. The summed E-state index contributed by atoms with van der Waals surface area (Å²) in [6.07, 6.45) is 2.72. The van der Waals surface area contributed by atoms with Crippen molar-refractivity contribution >= 4 is 57.1 Å². The van der Waals surface area contributed by atoms with E-state index in [1.807, 2.05) is 0 Å². The van der Waals surface area contributed by atoms with E-state index in [1.54, 1.807) is 6.92 Å². The largest absolute Gasteiger partial charge is 0.370 e. The molecule has 0 aromatic carbocycles. The Hall–Kier alpha value is -2.72. The molecule has 1 aliphatic rings. The number of rotatable bonds is 9. The van der Waals surface area contributed by atoms with Gasteiger partial charge >= 0.3 is 0 Å². The molecule has 0 aromatic rings. The Balaban J connectivity index is 3.22. The SMILES string of the molecule is CCC1NC(=O)C(C)(C)NC(=O)C(CCCN=C(N)N)NC(=O)C(CCCCN)NC(=O)CCSSCCNC1=O. The fourth-order valence-electron chi connectivity index (χ4n) is 3.81. The van der Waals surface area contributed by atoms with Crippen LogP contribution < -0.4 is 43.8 Å². The highest BCUT2D eigenvalue weighted by atomic mass is 33.1. The van der Waals surface area contributed by atoms with Gasteiger partial charge in [0.1, 0.15) is 23.7 Å². The summed E-state index contributed by atoms with van der Waals surface area (Å²) in [7, 11) is 3.00. The van der Waals surface area contributed by atoms with Crippen LogP contribution in [0.1, 0.15) is 65.7 Å². The molecule has 0 aromatic heterocycles. The summed E-state index contributed by atoms with van der Waals surface area (Å²) in [5.41, 5.74) is 15.0. The average molecular weight is 618 g/mol. The van der Waals surface area contributed by atoms with Gasteiger partial charge in [-0.25, -0.2) is 0 Å². The van der Waals surface area contributed by atoms with Crippen LogP contribution in [0.25, 0.3) is 0 Å². The minimum absolute atomic E-state index is 0.0961. The van der Waals surface area contributed by atoms with E-state index < -0.39 is 41.4 Å². The second kappa shape index (κ2) is 19.4. The fourth-order valence-corrected chi connectivity index (χ4v) is 5.70. The molecule has 14 nitrogen and oxygen atoms in total. The monoisotopic (exact) mass is 617 g/mol. The van der Waals surface area contributed by atoms with Gasteiger partial charge < -0.3 is 43.8 Å². The number of carbonyl (C=O) groups is 5. The maximum atomic E-state index is 13.4. The molecule has 1 aliphatic heterocycles. The average Bonchev–Trinajstić information content (AvgIpc) is 2.90. The summed E-state index contributed by atoms with van der Waals surface area (Å²) < 4.78 is 0. The molecular formula is C25H47N9O5S2. The molecule has 0 saturated carbocycles. The van der Waals surface area contributed by atoms with Gasteiger partial charge in [0.2, 0.25) is 29.5 Å². The molecule has 41 heavy (non-hydrogen) atoms. The molecule has 3 atom stereocenters. The van der Waals surface area contributed by atoms with Gasteiger partial charge in [-0.1, -0.05) is 28.5 Å². The lowest BCUT2D eigenvalue weighted by atomic mass is 10.0. The zero-order valence-electron chi connectivity index (χ0n) is 24.3. The highest BCUT2D eigenvalue weighted by Gasteiger charge is 2.35. The number of aliphatic imine (C=N–C) groups is 1. The summed E-state index contributed by atoms with van der Waals surface area (Å²) in [4.78, 5) is 69.0. The van der Waals surface area contributed by atoms with E-state index in [-0.39, 0.29) is 37.2 Å². The Morgan fingerprint density at radius 2 is 1.54 bits per heavy atom. The molecule has 0 aliphatic carbocycles. The van der Waals surface area contributed by atoms with Crippen LogP contribution in [-0.2, 0) is 24.0 Å². The highest BCUT2D eigenvalue weighted by molar-refractivity contribution is 8.76. The smallest absolute Gasteiger partial charge is 0.245 e. The van der Waals surface area contributed by atoms with Crippen LogP contribution >= 0.6 is 21.6 Å². The number of amides is 5. The van der Waals surface area contributed by atoms with E-state index in [4.69, 9.17) is 17.2 Å². The molecular weight excluding hydrogens is 570 g/mol. The highest BCUT2D eigenvalue weighted by Crippen LogP contribution is 2.21. The first-order chi connectivity index (χ1) is 19.4. The minimum Gasteiger partial charge on any atom is -0.370 e. The first-order valence-corrected chi connectivity index (χ1v) is 16.4.